The van der Waals surface area contributed by atoms with Crippen LogP contribution in [0.15, 0.2) is 24.0 Å². The maximum atomic E-state index is 12.0. The Labute approximate surface area is 132 Å². The summed E-state index contributed by atoms with van der Waals surface area (Å²) >= 11 is 0. The lowest BCUT2D eigenvalue weighted by atomic mass is 9.97. The van der Waals surface area contributed by atoms with E-state index < -0.39 is 0 Å². The number of nitrogens with one attached hydrogen (secondary N) is 2. The van der Waals surface area contributed by atoms with Gasteiger partial charge in [-0.1, -0.05) is 18.6 Å². The summed E-state index contributed by atoms with van der Waals surface area (Å²) < 4.78 is 0. The van der Waals surface area contributed by atoms with Gasteiger partial charge in [0.1, 0.15) is 11.5 Å². The van der Waals surface area contributed by atoms with Crippen LogP contribution in [0.5, 0.6) is 0 Å². The van der Waals surface area contributed by atoms with Gasteiger partial charge in [-0.05, 0) is 45.4 Å². The van der Waals surface area contributed by atoms with Crippen molar-refractivity contribution >= 4 is 11.7 Å². The highest BCUT2D eigenvalue weighted by molar-refractivity contribution is 5.91. The molecule has 0 bridgehead atoms. The van der Waals surface area contributed by atoms with Crippen LogP contribution in [0.3, 0.4) is 0 Å². The lowest BCUT2D eigenvalue weighted by Crippen LogP contribution is -2.26. The van der Waals surface area contributed by atoms with Crippen LogP contribution in [0.1, 0.15) is 62.9 Å². The quantitative estimate of drug-likeness (QED) is 0.758. The third-order valence-electron chi connectivity index (χ3n) is 4.01. The maximum absolute atomic E-state index is 12.0. The number of nitrogens with zero attached hydrogens (tertiary/aromatic N) is 2. The number of carbonyl (C=O) groups excluding carboxylic acids is 1. The topological polar surface area (TPSA) is 66.9 Å². The van der Waals surface area contributed by atoms with Gasteiger partial charge in [0.05, 0.1) is 12.4 Å². The predicted octanol–water partition coefficient (Wildman–Crippen LogP) is 3.31. The van der Waals surface area contributed by atoms with Crippen molar-refractivity contribution in [2.24, 2.45) is 0 Å². The number of anilines is 1. The Hall–Kier alpha value is -1.91. The van der Waals surface area contributed by atoms with E-state index in [1.54, 1.807) is 6.20 Å². The lowest BCUT2D eigenvalue weighted by Gasteiger charge is -2.13. The largest absolute Gasteiger partial charge is 0.366 e. The smallest absolute Gasteiger partial charge is 0.271 e. The SMILES string of the molecule is CCC(C)Nc1cnc(C(=O)NCCC2=CCCCC2)cn1. The molecule has 120 valence electrons. The number of amides is 1. The van der Waals surface area contributed by atoms with E-state index in [9.17, 15) is 4.79 Å². The molecule has 1 heterocycles. The Bertz CT molecular complexity index is 510. The molecule has 5 heteroatoms. The average molecular weight is 302 g/mol. The molecule has 0 saturated carbocycles. The molecule has 0 fully saturated rings. The Morgan fingerprint density at radius 1 is 1.32 bits per heavy atom. The molecule has 2 N–H and O–H groups in total. The number of rotatable bonds is 7. The van der Waals surface area contributed by atoms with Crippen LogP contribution in [-0.2, 0) is 0 Å². The summed E-state index contributed by atoms with van der Waals surface area (Å²) in [7, 11) is 0. The number of allylic oxidation sites excluding steroid dienone is 1. The van der Waals surface area contributed by atoms with Crippen LogP contribution in [0.2, 0.25) is 0 Å². The minimum absolute atomic E-state index is 0.154. The van der Waals surface area contributed by atoms with E-state index in [2.05, 4.69) is 40.5 Å². The first kappa shape index (κ1) is 16.5. The summed E-state index contributed by atoms with van der Waals surface area (Å²) in [5.74, 6) is 0.553. The Kier molecular flexibility index (Phi) is 6.37. The summed E-state index contributed by atoms with van der Waals surface area (Å²) in [6.07, 6.45) is 12.3. The number of aromatic nitrogens is 2. The standard InChI is InChI=1S/C17H26N4O/c1-3-13(2)21-16-12-19-15(11-20-16)17(22)18-10-9-14-7-5-4-6-8-14/h7,11-13H,3-6,8-10H2,1-2H3,(H,18,22)(H,20,21). The van der Waals surface area contributed by atoms with Gasteiger partial charge in [0.15, 0.2) is 0 Å². The number of hydrogen-bond acceptors (Lipinski definition) is 4. The van der Waals surface area contributed by atoms with Gasteiger partial charge < -0.3 is 10.6 Å². The fraction of sp³-hybridized carbons (Fsp3) is 0.588. The first-order valence-electron chi connectivity index (χ1n) is 8.23. The van der Waals surface area contributed by atoms with Gasteiger partial charge in [0.2, 0.25) is 0 Å². The van der Waals surface area contributed by atoms with Crippen LogP contribution in [0.4, 0.5) is 5.82 Å². The van der Waals surface area contributed by atoms with E-state index in [4.69, 9.17) is 0 Å². The highest BCUT2D eigenvalue weighted by Gasteiger charge is 2.09. The van der Waals surface area contributed by atoms with Crippen LogP contribution in [0.25, 0.3) is 0 Å². The van der Waals surface area contributed by atoms with Crippen molar-refractivity contribution in [1.82, 2.24) is 15.3 Å². The number of hydrogen-bond donors (Lipinski definition) is 2. The highest BCUT2D eigenvalue weighted by atomic mass is 16.1. The third kappa shape index (κ3) is 5.13. The second-order valence-electron chi connectivity index (χ2n) is 5.85. The molecule has 1 aromatic rings. The molecule has 1 unspecified atom stereocenters. The molecule has 1 amide bonds. The fourth-order valence-corrected chi connectivity index (χ4v) is 2.43. The van der Waals surface area contributed by atoms with E-state index in [-0.39, 0.29) is 5.91 Å². The molecule has 5 nitrogen and oxygen atoms in total. The number of carbonyl (C=O) groups is 1. The van der Waals surface area contributed by atoms with E-state index in [0.29, 0.717) is 24.1 Å². The Morgan fingerprint density at radius 3 is 2.82 bits per heavy atom. The molecule has 1 aliphatic rings. The van der Waals surface area contributed by atoms with Gasteiger partial charge in [0.25, 0.3) is 5.91 Å². The molecule has 1 aromatic heterocycles. The van der Waals surface area contributed by atoms with Crippen molar-refractivity contribution in [3.05, 3.63) is 29.7 Å². The first-order chi connectivity index (χ1) is 10.7. The molecule has 0 spiro atoms. The second-order valence-corrected chi connectivity index (χ2v) is 5.85. The van der Waals surface area contributed by atoms with Gasteiger partial charge in [-0.15, -0.1) is 0 Å². The third-order valence-corrected chi connectivity index (χ3v) is 4.01. The summed E-state index contributed by atoms with van der Waals surface area (Å²) in [6, 6.07) is 0.345. The van der Waals surface area contributed by atoms with Crippen LogP contribution >= 0.6 is 0 Å². The maximum Gasteiger partial charge on any atom is 0.271 e. The molecule has 0 aliphatic heterocycles. The monoisotopic (exact) mass is 302 g/mol. The lowest BCUT2D eigenvalue weighted by molar-refractivity contribution is 0.0948. The molecule has 22 heavy (non-hydrogen) atoms. The van der Waals surface area contributed by atoms with E-state index in [1.165, 1.54) is 37.5 Å². The van der Waals surface area contributed by atoms with Gasteiger partial charge in [-0.25, -0.2) is 9.97 Å². The van der Waals surface area contributed by atoms with Crippen molar-refractivity contribution in [3.8, 4) is 0 Å². The molecule has 1 atom stereocenters. The average Bonchev–Trinajstić information content (AvgIpc) is 2.56. The van der Waals surface area contributed by atoms with Crippen molar-refractivity contribution in [1.29, 1.82) is 0 Å². The fourth-order valence-electron chi connectivity index (χ4n) is 2.43. The van der Waals surface area contributed by atoms with Gasteiger partial charge >= 0.3 is 0 Å². The summed E-state index contributed by atoms with van der Waals surface area (Å²) in [4.78, 5) is 20.4. The Morgan fingerprint density at radius 2 is 2.18 bits per heavy atom. The summed E-state index contributed by atoms with van der Waals surface area (Å²) in [5.41, 5.74) is 1.83. The zero-order valence-electron chi connectivity index (χ0n) is 13.6. The minimum Gasteiger partial charge on any atom is -0.366 e. The minimum atomic E-state index is -0.154. The molecule has 0 aromatic carbocycles. The normalized spacial score (nSPS) is 15.8. The van der Waals surface area contributed by atoms with Gasteiger partial charge in [0, 0.05) is 12.6 Å². The van der Waals surface area contributed by atoms with E-state index in [1.807, 2.05) is 0 Å². The van der Waals surface area contributed by atoms with Gasteiger partial charge in [-0.2, -0.15) is 0 Å². The molecule has 0 radical (unpaired) electrons. The van der Waals surface area contributed by atoms with Crippen molar-refractivity contribution < 1.29 is 4.79 Å². The summed E-state index contributed by atoms with van der Waals surface area (Å²) in [5, 5.41) is 6.15. The van der Waals surface area contributed by atoms with Crippen molar-refractivity contribution in [2.75, 3.05) is 11.9 Å². The van der Waals surface area contributed by atoms with Crippen LogP contribution < -0.4 is 10.6 Å². The Balaban J connectivity index is 1.78. The van der Waals surface area contributed by atoms with E-state index in [0.717, 1.165) is 12.8 Å². The second kappa shape index (κ2) is 8.51. The molecule has 1 aliphatic carbocycles. The van der Waals surface area contributed by atoms with Gasteiger partial charge in [-0.3, -0.25) is 4.79 Å². The molecule has 0 saturated heterocycles. The predicted molar refractivity (Wildman–Crippen MR) is 88.9 cm³/mol. The molecule has 2 rings (SSSR count). The zero-order chi connectivity index (χ0) is 15.8. The summed E-state index contributed by atoms with van der Waals surface area (Å²) in [6.45, 7) is 4.86. The highest BCUT2D eigenvalue weighted by Crippen LogP contribution is 2.19. The molecular weight excluding hydrogens is 276 g/mol. The van der Waals surface area contributed by atoms with Crippen LogP contribution in [-0.4, -0.2) is 28.5 Å². The first-order valence-corrected chi connectivity index (χ1v) is 8.23. The zero-order valence-corrected chi connectivity index (χ0v) is 13.6. The molecular formula is C17H26N4O. The van der Waals surface area contributed by atoms with E-state index >= 15 is 0 Å². The van der Waals surface area contributed by atoms with Crippen molar-refractivity contribution in [3.63, 3.8) is 0 Å². The van der Waals surface area contributed by atoms with Crippen molar-refractivity contribution in [2.45, 2.75) is 58.4 Å². The van der Waals surface area contributed by atoms with Crippen LogP contribution in [0, 0.1) is 0 Å².